The Labute approximate surface area is 80.8 Å². The van der Waals surface area contributed by atoms with Gasteiger partial charge in [-0.3, -0.25) is 10.6 Å². The molecule has 0 radical (unpaired) electrons. The van der Waals surface area contributed by atoms with E-state index in [1.54, 1.807) is 12.1 Å². The first-order valence-electron chi connectivity index (χ1n) is 3.96. The highest BCUT2D eigenvalue weighted by Crippen LogP contribution is 2.21. The first kappa shape index (κ1) is 10.5. The van der Waals surface area contributed by atoms with E-state index in [0.29, 0.717) is 11.4 Å². The Kier molecular flexibility index (Phi) is 3.41. The van der Waals surface area contributed by atoms with Crippen molar-refractivity contribution in [2.24, 2.45) is 5.84 Å². The van der Waals surface area contributed by atoms with Crippen molar-refractivity contribution in [3.8, 4) is 5.75 Å². The number of carbonyl (C=O) groups excluding carboxylic acids is 1. The molecule has 3 N–H and O–H groups in total. The average Bonchev–Trinajstić information content (AvgIpc) is 2.27. The van der Waals surface area contributed by atoms with Gasteiger partial charge in [-0.1, -0.05) is 0 Å². The lowest BCUT2D eigenvalue weighted by Gasteiger charge is -2.08. The van der Waals surface area contributed by atoms with E-state index < -0.39 is 12.5 Å². The molecule has 0 aromatic heterocycles. The van der Waals surface area contributed by atoms with Gasteiger partial charge < -0.3 is 10.2 Å². The molecule has 0 saturated carbocycles. The zero-order valence-electron chi connectivity index (χ0n) is 7.71. The number of methoxy groups -OCH3 is 1. The first-order chi connectivity index (χ1) is 6.72. The third-order valence-electron chi connectivity index (χ3n) is 1.80. The van der Waals surface area contributed by atoms with Crippen LogP contribution in [0.5, 0.6) is 5.75 Å². The van der Waals surface area contributed by atoms with Crippen LogP contribution in [0.25, 0.3) is 0 Å². The van der Waals surface area contributed by atoms with Gasteiger partial charge in [-0.2, -0.15) is 0 Å². The quantitative estimate of drug-likeness (QED) is 0.432. The SMILES string of the molecule is COc1ccc(NN)c(C(=O)CF)c1. The Bertz CT molecular complexity index is 342. The number of carbonyl (C=O) groups is 1. The van der Waals surface area contributed by atoms with E-state index in [0.717, 1.165) is 0 Å². The summed E-state index contributed by atoms with van der Waals surface area (Å²) in [6, 6.07) is 4.63. The minimum Gasteiger partial charge on any atom is -0.497 e. The van der Waals surface area contributed by atoms with Gasteiger partial charge in [-0.05, 0) is 18.2 Å². The summed E-state index contributed by atoms with van der Waals surface area (Å²) in [6.07, 6.45) is 0. The van der Waals surface area contributed by atoms with Gasteiger partial charge in [-0.15, -0.1) is 0 Å². The van der Waals surface area contributed by atoms with Crippen LogP contribution >= 0.6 is 0 Å². The normalized spacial score (nSPS) is 9.64. The van der Waals surface area contributed by atoms with Crippen LogP contribution in [0.2, 0.25) is 0 Å². The summed E-state index contributed by atoms with van der Waals surface area (Å²) in [5.74, 6) is 5.03. The van der Waals surface area contributed by atoms with E-state index >= 15 is 0 Å². The smallest absolute Gasteiger partial charge is 0.196 e. The molecule has 0 heterocycles. The van der Waals surface area contributed by atoms with Gasteiger partial charge >= 0.3 is 0 Å². The molecule has 0 bridgehead atoms. The fourth-order valence-electron chi connectivity index (χ4n) is 1.08. The van der Waals surface area contributed by atoms with E-state index in [9.17, 15) is 9.18 Å². The second kappa shape index (κ2) is 4.57. The van der Waals surface area contributed by atoms with Crippen molar-refractivity contribution in [2.75, 3.05) is 19.2 Å². The number of nitrogens with two attached hydrogens (primary N) is 1. The fraction of sp³-hybridized carbons (Fsp3) is 0.222. The van der Waals surface area contributed by atoms with Crippen molar-refractivity contribution >= 4 is 11.5 Å². The molecule has 0 unspecified atom stereocenters. The molecule has 76 valence electrons. The van der Waals surface area contributed by atoms with Crippen molar-refractivity contribution < 1.29 is 13.9 Å². The number of halogens is 1. The highest BCUT2D eigenvalue weighted by molar-refractivity contribution is 6.02. The van der Waals surface area contributed by atoms with E-state index in [2.05, 4.69) is 5.43 Å². The molecule has 1 aromatic rings. The van der Waals surface area contributed by atoms with E-state index in [4.69, 9.17) is 10.6 Å². The maximum Gasteiger partial charge on any atom is 0.196 e. The Morgan fingerprint density at radius 1 is 1.64 bits per heavy atom. The average molecular weight is 198 g/mol. The van der Waals surface area contributed by atoms with Gasteiger partial charge in [0.05, 0.1) is 12.8 Å². The number of ether oxygens (including phenoxy) is 1. The van der Waals surface area contributed by atoms with Gasteiger partial charge in [0.1, 0.15) is 5.75 Å². The fourth-order valence-corrected chi connectivity index (χ4v) is 1.08. The van der Waals surface area contributed by atoms with Crippen LogP contribution in [0.1, 0.15) is 10.4 Å². The topological polar surface area (TPSA) is 64.3 Å². The minimum absolute atomic E-state index is 0.189. The van der Waals surface area contributed by atoms with Crippen LogP contribution in [0, 0.1) is 0 Å². The molecule has 0 aliphatic carbocycles. The highest BCUT2D eigenvalue weighted by atomic mass is 19.1. The third kappa shape index (κ3) is 2.00. The molecule has 4 nitrogen and oxygen atoms in total. The molecule has 0 amide bonds. The van der Waals surface area contributed by atoms with Crippen molar-refractivity contribution in [1.29, 1.82) is 0 Å². The predicted octanol–water partition coefficient (Wildman–Crippen LogP) is 1.13. The molecular weight excluding hydrogens is 187 g/mol. The standard InChI is InChI=1S/C9H11FN2O2/c1-14-6-2-3-8(12-11)7(4-6)9(13)5-10/h2-4,12H,5,11H2,1H3. The number of nitrogen functional groups attached to an aromatic ring is 1. The zero-order chi connectivity index (χ0) is 10.6. The van der Waals surface area contributed by atoms with Crippen LogP contribution in [-0.2, 0) is 0 Å². The monoisotopic (exact) mass is 198 g/mol. The number of ketones is 1. The summed E-state index contributed by atoms with van der Waals surface area (Å²) >= 11 is 0. The number of anilines is 1. The number of hydrogen-bond acceptors (Lipinski definition) is 4. The van der Waals surface area contributed by atoms with Gasteiger partial charge in [0.2, 0.25) is 0 Å². The molecular formula is C9H11FN2O2. The van der Waals surface area contributed by atoms with Crippen LogP contribution < -0.4 is 16.0 Å². The largest absolute Gasteiger partial charge is 0.497 e. The molecule has 1 rings (SSSR count). The number of hydrazine groups is 1. The molecule has 1 aromatic carbocycles. The lowest BCUT2D eigenvalue weighted by molar-refractivity contribution is 0.0959. The summed E-state index contributed by atoms with van der Waals surface area (Å²) in [5, 5.41) is 0. The summed E-state index contributed by atoms with van der Waals surface area (Å²) in [5.41, 5.74) is 2.89. The highest BCUT2D eigenvalue weighted by Gasteiger charge is 2.11. The van der Waals surface area contributed by atoms with Crippen molar-refractivity contribution in [3.63, 3.8) is 0 Å². The maximum atomic E-state index is 12.2. The Balaban J connectivity index is 3.14. The summed E-state index contributed by atoms with van der Waals surface area (Å²) in [4.78, 5) is 11.1. The van der Waals surface area contributed by atoms with Gasteiger partial charge in [0.15, 0.2) is 12.5 Å². The molecule has 0 atom stereocenters. The van der Waals surface area contributed by atoms with Gasteiger partial charge in [-0.25, -0.2) is 4.39 Å². The number of rotatable bonds is 4. The number of alkyl halides is 1. The lowest BCUT2D eigenvalue weighted by atomic mass is 10.1. The molecule has 0 aliphatic rings. The Morgan fingerprint density at radius 2 is 2.36 bits per heavy atom. The Morgan fingerprint density at radius 3 is 2.86 bits per heavy atom. The molecule has 14 heavy (non-hydrogen) atoms. The Hall–Kier alpha value is -1.62. The summed E-state index contributed by atoms with van der Waals surface area (Å²) in [6.45, 7) is -1.05. The van der Waals surface area contributed by atoms with Crippen LogP contribution in [0.15, 0.2) is 18.2 Å². The van der Waals surface area contributed by atoms with Gasteiger partial charge in [0, 0.05) is 5.56 Å². The van der Waals surface area contributed by atoms with Crippen LogP contribution in [-0.4, -0.2) is 19.6 Å². The second-order valence-corrected chi connectivity index (χ2v) is 2.61. The molecule has 0 spiro atoms. The van der Waals surface area contributed by atoms with Gasteiger partial charge in [0.25, 0.3) is 0 Å². The summed E-state index contributed by atoms with van der Waals surface area (Å²) < 4.78 is 17.1. The molecule has 0 saturated heterocycles. The van der Waals surface area contributed by atoms with Crippen LogP contribution in [0.3, 0.4) is 0 Å². The number of hydrogen-bond donors (Lipinski definition) is 2. The molecule has 0 aliphatic heterocycles. The minimum atomic E-state index is -1.05. The number of Topliss-reactive ketones (excluding diaryl/α,β-unsaturated/α-hetero) is 1. The third-order valence-corrected chi connectivity index (χ3v) is 1.80. The lowest BCUT2D eigenvalue weighted by Crippen LogP contribution is -2.13. The van der Waals surface area contributed by atoms with E-state index in [-0.39, 0.29) is 5.56 Å². The molecule has 5 heteroatoms. The van der Waals surface area contributed by atoms with Crippen molar-refractivity contribution in [2.45, 2.75) is 0 Å². The van der Waals surface area contributed by atoms with Crippen molar-refractivity contribution in [1.82, 2.24) is 0 Å². The van der Waals surface area contributed by atoms with E-state index in [1.807, 2.05) is 0 Å². The zero-order valence-corrected chi connectivity index (χ0v) is 7.71. The maximum absolute atomic E-state index is 12.2. The summed E-state index contributed by atoms with van der Waals surface area (Å²) in [7, 11) is 1.47. The number of benzene rings is 1. The van der Waals surface area contributed by atoms with Crippen LogP contribution in [0.4, 0.5) is 10.1 Å². The predicted molar refractivity (Wildman–Crippen MR) is 51.1 cm³/mol. The number of nitrogens with one attached hydrogen (secondary N) is 1. The molecule has 0 fully saturated rings. The van der Waals surface area contributed by atoms with E-state index in [1.165, 1.54) is 13.2 Å². The first-order valence-corrected chi connectivity index (χ1v) is 3.96. The second-order valence-electron chi connectivity index (χ2n) is 2.61. The van der Waals surface area contributed by atoms with Crippen molar-refractivity contribution in [3.05, 3.63) is 23.8 Å².